The quantitative estimate of drug-likeness (QED) is 0.685. The molecule has 3 aromatic rings. The lowest BCUT2D eigenvalue weighted by atomic mass is 10.1. The van der Waals surface area contributed by atoms with Crippen molar-refractivity contribution in [2.45, 2.75) is 27.3 Å². The number of hydrogen-bond acceptors (Lipinski definition) is 2. The van der Waals surface area contributed by atoms with Gasteiger partial charge in [-0.1, -0.05) is 42.0 Å². The summed E-state index contributed by atoms with van der Waals surface area (Å²) in [5.74, 6) is -0.110. The molecular formula is C23H24N2O2. The smallest absolute Gasteiger partial charge is 0.259 e. The molecule has 0 bridgehead atoms. The predicted molar refractivity (Wildman–Crippen MR) is 110 cm³/mol. The molecule has 0 radical (unpaired) electrons. The van der Waals surface area contributed by atoms with Crippen LogP contribution in [0.25, 0.3) is 0 Å². The number of hydrogen-bond donors (Lipinski definition) is 0. The zero-order valence-corrected chi connectivity index (χ0v) is 16.0. The lowest BCUT2D eigenvalue weighted by Crippen LogP contribution is -2.32. The van der Waals surface area contributed by atoms with Gasteiger partial charge in [0.25, 0.3) is 11.5 Å². The van der Waals surface area contributed by atoms with Crippen molar-refractivity contribution in [3.63, 3.8) is 0 Å². The zero-order chi connectivity index (χ0) is 19.4. The molecule has 0 aliphatic heterocycles. The third-order valence-electron chi connectivity index (χ3n) is 4.54. The van der Waals surface area contributed by atoms with E-state index in [4.69, 9.17) is 0 Å². The Morgan fingerprint density at radius 1 is 0.963 bits per heavy atom. The maximum Gasteiger partial charge on any atom is 0.259 e. The van der Waals surface area contributed by atoms with Crippen molar-refractivity contribution < 1.29 is 4.79 Å². The van der Waals surface area contributed by atoms with Gasteiger partial charge in [-0.15, -0.1) is 0 Å². The average Bonchev–Trinajstić information content (AvgIpc) is 2.64. The van der Waals surface area contributed by atoms with Crippen LogP contribution in [0, 0.1) is 13.8 Å². The largest absolute Gasteiger partial charge is 0.310 e. The van der Waals surface area contributed by atoms with E-state index in [1.54, 1.807) is 21.7 Å². The second-order valence-corrected chi connectivity index (χ2v) is 6.76. The molecule has 0 aliphatic rings. The molecule has 0 fully saturated rings. The number of benzene rings is 2. The molecular weight excluding hydrogens is 336 g/mol. The fourth-order valence-electron chi connectivity index (χ4n) is 3.18. The van der Waals surface area contributed by atoms with E-state index in [-0.39, 0.29) is 11.5 Å². The molecule has 0 unspecified atom stereocenters. The number of pyridine rings is 1. The first-order chi connectivity index (χ1) is 13.0. The summed E-state index contributed by atoms with van der Waals surface area (Å²) in [6.07, 6.45) is 1.66. The number of aryl methyl sites for hydroxylation is 2. The third kappa shape index (κ3) is 4.34. The molecule has 0 saturated heterocycles. The van der Waals surface area contributed by atoms with Gasteiger partial charge in [0.05, 0.1) is 12.1 Å². The lowest BCUT2D eigenvalue weighted by molar-refractivity contribution is 0.0987. The monoisotopic (exact) mass is 360 g/mol. The molecule has 4 nitrogen and oxygen atoms in total. The van der Waals surface area contributed by atoms with Gasteiger partial charge in [0.1, 0.15) is 0 Å². The van der Waals surface area contributed by atoms with Gasteiger partial charge in [0, 0.05) is 24.5 Å². The summed E-state index contributed by atoms with van der Waals surface area (Å²) in [7, 11) is 0. The minimum atomic E-state index is -0.119. The molecule has 1 aromatic heterocycles. The van der Waals surface area contributed by atoms with Crippen LogP contribution in [-0.2, 0) is 6.54 Å². The maximum absolute atomic E-state index is 13.1. The molecule has 138 valence electrons. The molecule has 0 atom stereocenters. The summed E-state index contributed by atoms with van der Waals surface area (Å²) in [5, 5.41) is 0. The Morgan fingerprint density at radius 2 is 1.67 bits per heavy atom. The molecule has 0 saturated carbocycles. The molecule has 27 heavy (non-hydrogen) atoms. The minimum absolute atomic E-state index is 0.110. The SMILES string of the molecule is CCN(C(=O)c1ccc(=O)n(Cc2cccc(C)c2)c1)c1cccc(C)c1. The maximum atomic E-state index is 13.1. The van der Waals surface area contributed by atoms with Crippen LogP contribution in [0.15, 0.2) is 71.7 Å². The van der Waals surface area contributed by atoms with Crippen molar-refractivity contribution in [1.29, 1.82) is 0 Å². The zero-order valence-electron chi connectivity index (χ0n) is 16.0. The third-order valence-corrected chi connectivity index (χ3v) is 4.54. The van der Waals surface area contributed by atoms with E-state index in [9.17, 15) is 9.59 Å². The van der Waals surface area contributed by atoms with Crippen LogP contribution in [0.2, 0.25) is 0 Å². The van der Waals surface area contributed by atoms with E-state index in [1.807, 2.05) is 69.3 Å². The van der Waals surface area contributed by atoms with Crippen molar-refractivity contribution in [2.75, 3.05) is 11.4 Å². The Bertz CT molecular complexity index is 1020. The highest BCUT2D eigenvalue weighted by atomic mass is 16.2. The van der Waals surface area contributed by atoms with Gasteiger partial charge in [-0.2, -0.15) is 0 Å². The van der Waals surface area contributed by atoms with Crippen LogP contribution in [-0.4, -0.2) is 17.0 Å². The van der Waals surface area contributed by atoms with Gasteiger partial charge in [0.15, 0.2) is 0 Å². The summed E-state index contributed by atoms with van der Waals surface area (Å²) >= 11 is 0. The van der Waals surface area contributed by atoms with E-state index < -0.39 is 0 Å². The number of anilines is 1. The van der Waals surface area contributed by atoms with Gasteiger partial charge in [0.2, 0.25) is 0 Å². The molecule has 0 N–H and O–H groups in total. The fourth-order valence-corrected chi connectivity index (χ4v) is 3.18. The molecule has 2 aromatic carbocycles. The molecule has 4 heteroatoms. The average molecular weight is 360 g/mol. The second-order valence-electron chi connectivity index (χ2n) is 6.76. The molecule has 0 aliphatic carbocycles. The van der Waals surface area contributed by atoms with Gasteiger partial charge < -0.3 is 9.47 Å². The van der Waals surface area contributed by atoms with Crippen molar-refractivity contribution in [3.8, 4) is 0 Å². The normalized spacial score (nSPS) is 10.6. The molecule has 1 heterocycles. The number of amides is 1. The first-order valence-corrected chi connectivity index (χ1v) is 9.12. The summed E-state index contributed by atoms with van der Waals surface area (Å²) in [6, 6.07) is 19.0. The first kappa shape index (κ1) is 18.6. The highest BCUT2D eigenvalue weighted by Crippen LogP contribution is 2.18. The van der Waals surface area contributed by atoms with E-state index >= 15 is 0 Å². The minimum Gasteiger partial charge on any atom is -0.310 e. The Kier molecular flexibility index (Phi) is 5.55. The second kappa shape index (κ2) is 8.04. The van der Waals surface area contributed by atoms with Crippen LogP contribution in [0.4, 0.5) is 5.69 Å². The number of nitrogens with zero attached hydrogens (tertiary/aromatic N) is 2. The van der Waals surface area contributed by atoms with E-state index in [0.29, 0.717) is 18.7 Å². The van der Waals surface area contributed by atoms with Crippen LogP contribution in [0.5, 0.6) is 0 Å². The Morgan fingerprint density at radius 3 is 2.33 bits per heavy atom. The van der Waals surface area contributed by atoms with Crippen molar-refractivity contribution in [2.24, 2.45) is 0 Å². The predicted octanol–water partition coefficient (Wildman–Crippen LogP) is 4.18. The fraction of sp³-hybridized carbons (Fsp3) is 0.217. The van der Waals surface area contributed by atoms with Gasteiger partial charge in [-0.3, -0.25) is 9.59 Å². The summed E-state index contributed by atoms with van der Waals surface area (Å²) in [5.41, 5.74) is 4.52. The van der Waals surface area contributed by atoms with Crippen molar-refractivity contribution >= 4 is 11.6 Å². The summed E-state index contributed by atoms with van der Waals surface area (Å²) in [4.78, 5) is 27.1. The van der Waals surface area contributed by atoms with Gasteiger partial charge in [-0.05, 0) is 50.1 Å². The van der Waals surface area contributed by atoms with Crippen molar-refractivity contribution in [3.05, 3.63) is 99.5 Å². The highest BCUT2D eigenvalue weighted by Gasteiger charge is 2.17. The van der Waals surface area contributed by atoms with Crippen molar-refractivity contribution in [1.82, 2.24) is 4.57 Å². The van der Waals surface area contributed by atoms with E-state index in [1.165, 1.54) is 6.07 Å². The van der Waals surface area contributed by atoms with E-state index in [0.717, 1.165) is 22.4 Å². The molecule has 3 rings (SSSR count). The molecule has 0 spiro atoms. The number of carbonyl (C=O) groups excluding carboxylic acids is 1. The summed E-state index contributed by atoms with van der Waals surface area (Å²) < 4.78 is 1.59. The van der Waals surface area contributed by atoms with Crippen LogP contribution >= 0.6 is 0 Å². The number of aromatic nitrogens is 1. The highest BCUT2D eigenvalue weighted by molar-refractivity contribution is 6.05. The Balaban J connectivity index is 1.92. The Hall–Kier alpha value is -3.14. The van der Waals surface area contributed by atoms with Gasteiger partial charge >= 0.3 is 0 Å². The Labute approximate surface area is 159 Å². The van der Waals surface area contributed by atoms with Gasteiger partial charge in [-0.25, -0.2) is 0 Å². The van der Waals surface area contributed by atoms with Crippen LogP contribution in [0.1, 0.15) is 34.0 Å². The topological polar surface area (TPSA) is 42.3 Å². The standard InChI is InChI=1S/C23H24N2O2/c1-4-25(21-10-6-8-18(3)14-21)23(27)20-11-12-22(26)24(16-20)15-19-9-5-7-17(2)13-19/h5-14,16H,4,15H2,1-3H3. The molecule has 1 amide bonds. The number of carbonyl (C=O) groups is 1. The van der Waals surface area contributed by atoms with E-state index in [2.05, 4.69) is 0 Å². The number of rotatable bonds is 5. The lowest BCUT2D eigenvalue weighted by Gasteiger charge is -2.22. The van der Waals surface area contributed by atoms with Crippen LogP contribution < -0.4 is 10.5 Å². The van der Waals surface area contributed by atoms with Crippen LogP contribution in [0.3, 0.4) is 0 Å². The summed E-state index contributed by atoms with van der Waals surface area (Å²) in [6.45, 7) is 6.97. The first-order valence-electron chi connectivity index (χ1n) is 9.12.